The molecule has 0 unspecified atom stereocenters. The second-order valence-electron chi connectivity index (χ2n) is 7.17. The van der Waals surface area contributed by atoms with E-state index in [1.165, 1.54) is 0 Å². The van der Waals surface area contributed by atoms with Crippen LogP contribution in [0, 0.1) is 0 Å². The topological polar surface area (TPSA) is 118 Å². The number of benzene rings is 1. The lowest BCUT2D eigenvalue weighted by Crippen LogP contribution is -2.37. The van der Waals surface area contributed by atoms with Crippen LogP contribution in [0.25, 0.3) is 28.1 Å². The number of sulfonamides is 1. The minimum atomic E-state index is -3.15. The molecule has 1 aliphatic heterocycles. The van der Waals surface area contributed by atoms with E-state index in [4.69, 9.17) is 5.73 Å². The normalized spacial score (nSPS) is 18.4. The molecule has 0 saturated heterocycles. The van der Waals surface area contributed by atoms with Crippen molar-refractivity contribution in [2.24, 2.45) is 0 Å². The fourth-order valence-corrected chi connectivity index (χ4v) is 5.26. The monoisotopic (exact) mass is 400 g/mol. The van der Waals surface area contributed by atoms with Crippen LogP contribution in [0.4, 0.5) is 5.82 Å². The smallest absolute Gasteiger partial charge is 0.217 e. The van der Waals surface area contributed by atoms with Gasteiger partial charge in [0.1, 0.15) is 5.69 Å². The predicted octanol–water partition coefficient (Wildman–Crippen LogP) is 2.68. The molecular formula is C19H24N6O2S. The molecule has 0 bridgehead atoms. The highest BCUT2D eigenvalue weighted by atomic mass is 32.2. The van der Waals surface area contributed by atoms with Crippen molar-refractivity contribution >= 4 is 32.4 Å². The zero-order chi connectivity index (χ0) is 19.3. The van der Waals surface area contributed by atoms with E-state index >= 15 is 0 Å². The summed E-state index contributed by atoms with van der Waals surface area (Å²) >= 11 is 0. The van der Waals surface area contributed by atoms with E-state index in [0.29, 0.717) is 42.5 Å². The van der Waals surface area contributed by atoms with Crippen LogP contribution >= 0.6 is 0 Å². The van der Waals surface area contributed by atoms with E-state index in [1.54, 1.807) is 10.5 Å². The van der Waals surface area contributed by atoms with Crippen molar-refractivity contribution in [2.75, 3.05) is 18.8 Å². The maximum Gasteiger partial charge on any atom is 0.217 e. The number of hydrogen-bond acceptors (Lipinski definition) is 6. The second-order valence-corrected chi connectivity index (χ2v) is 9.39. The van der Waals surface area contributed by atoms with E-state index in [-0.39, 0.29) is 8.10 Å². The van der Waals surface area contributed by atoms with Gasteiger partial charge in [0.05, 0.1) is 28.2 Å². The molecular weight excluding hydrogens is 376 g/mol. The molecule has 1 saturated carbocycles. The van der Waals surface area contributed by atoms with Crippen LogP contribution < -0.4 is 5.73 Å². The minimum Gasteiger partial charge on any atom is -0.382 e. The van der Waals surface area contributed by atoms with Crippen molar-refractivity contribution in [3.63, 3.8) is 0 Å². The van der Waals surface area contributed by atoms with Gasteiger partial charge < -0.3 is 10.7 Å². The van der Waals surface area contributed by atoms with Gasteiger partial charge in [-0.15, -0.1) is 0 Å². The number of aromatic amines is 1. The molecule has 3 aromatic rings. The molecule has 28 heavy (non-hydrogen) atoms. The molecule has 5 rings (SSSR count). The molecule has 3 heterocycles. The summed E-state index contributed by atoms with van der Waals surface area (Å²) in [6.07, 6.45) is 5.72. The van der Waals surface area contributed by atoms with Crippen LogP contribution in [0.5, 0.6) is 0 Å². The standard InChI is InChI=1S/C19H20N6O2S.2H2/c20-18-17(19-23-14-3-1-2-4-15(14)24-19)22-16(11-21-18)12-7-9-25(10-8-12)28(26,27)13-5-6-13;;/h1-4,7,11,13H,5-6,8-10H2,(H2,20,21)(H,23,24);2*1H. The van der Waals surface area contributed by atoms with Gasteiger partial charge in [-0.05, 0) is 37.0 Å². The van der Waals surface area contributed by atoms with Crippen molar-refractivity contribution in [3.8, 4) is 11.5 Å². The van der Waals surface area contributed by atoms with Crippen LogP contribution in [0.1, 0.15) is 27.8 Å². The van der Waals surface area contributed by atoms with E-state index in [2.05, 4.69) is 19.9 Å². The maximum absolute atomic E-state index is 12.4. The summed E-state index contributed by atoms with van der Waals surface area (Å²) in [6, 6.07) is 7.72. The number of nitrogens with one attached hydrogen (secondary N) is 1. The van der Waals surface area contributed by atoms with Crippen molar-refractivity contribution in [1.29, 1.82) is 0 Å². The summed E-state index contributed by atoms with van der Waals surface area (Å²) in [5.41, 5.74) is 9.97. The molecule has 2 aliphatic rings. The molecule has 0 radical (unpaired) electrons. The summed E-state index contributed by atoms with van der Waals surface area (Å²) in [6.45, 7) is 0.844. The van der Waals surface area contributed by atoms with E-state index in [9.17, 15) is 8.42 Å². The van der Waals surface area contributed by atoms with Gasteiger partial charge >= 0.3 is 0 Å². The number of nitrogens with zero attached hydrogens (tertiary/aromatic N) is 4. The fourth-order valence-electron chi connectivity index (χ4n) is 3.48. The number of para-hydroxylation sites is 2. The highest BCUT2D eigenvalue weighted by Crippen LogP contribution is 2.33. The summed E-state index contributed by atoms with van der Waals surface area (Å²) in [4.78, 5) is 16.8. The highest BCUT2D eigenvalue weighted by molar-refractivity contribution is 7.90. The largest absolute Gasteiger partial charge is 0.382 e. The Morgan fingerprint density at radius 1 is 1.21 bits per heavy atom. The Balaban J connectivity index is 0.00000128. The average Bonchev–Trinajstić information content (AvgIpc) is 3.48. The SMILES string of the molecule is Nc1ncc(C2=CCN(S(=O)(=O)C3CC3)CC2)nc1-c1nc2ccccc2[nH]1.[HH].[HH]. The van der Waals surface area contributed by atoms with Gasteiger partial charge in [0.25, 0.3) is 0 Å². The predicted molar refractivity (Wildman–Crippen MR) is 112 cm³/mol. The second kappa shape index (κ2) is 6.39. The number of imidazole rings is 1. The Labute approximate surface area is 165 Å². The highest BCUT2D eigenvalue weighted by Gasteiger charge is 2.40. The van der Waals surface area contributed by atoms with Crippen molar-refractivity contribution in [1.82, 2.24) is 24.2 Å². The number of fused-ring (bicyclic) bond motifs is 1. The van der Waals surface area contributed by atoms with Crippen LogP contribution in [0.15, 0.2) is 36.5 Å². The summed E-state index contributed by atoms with van der Waals surface area (Å²) in [7, 11) is -3.15. The number of anilines is 1. The van der Waals surface area contributed by atoms with Gasteiger partial charge in [0, 0.05) is 15.9 Å². The maximum atomic E-state index is 12.4. The third-order valence-electron chi connectivity index (χ3n) is 5.22. The molecule has 148 valence electrons. The number of aromatic nitrogens is 4. The Morgan fingerprint density at radius 2 is 2.04 bits per heavy atom. The molecule has 1 aliphatic carbocycles. The van der Waals surface area contributed by atoms with Gasteiger partial charge in [0.15, 0.2) is 11.6 Å². The van der Waals surface area contributed by atoms with Crippen LogP contribution in [-0.4, -0.2) is 51.0 Å². The molecule has 0 spiro atoms. The number of H-pyrrole nitrogens is 1. The molecule has 1 fully saturated rings. The Hall–Kier alpha value is -2.78. The zero-order valence-electron chi connectivity index (χ0n) is 15.2. The average molecular weight is 401 g/mol. The zero-order valence-corrected chi connectivity index (χ0v) is 16.0. The fraction of sp³-hybridized carbons (Fsp3) is 0.316. The quantitative estimate of drug-likeness (QED) is 0.695. The number of rotatable bonds is 4. The molecule has 2 aromatic heterocycles. The van der Waals surface area contributed by atoms with Gasteiger partial charge in [-0.25, -0.2) is 23.4 Å². The minimum absolute atomic E-state index is 0. The summed E-state index contributed by atoms with van der Waals surface area (Å²) in [5, 5.41) is -0.182. The first-order chi connectivity index (χ1) is 13.5. The molecule has 0 amide bonds. The first kappa shape index (κ1) is 17.3. The van der Waals surface area contributed by atoms with Crippen LogP contribution in [0.2, 0.25) is 0 Å². The number of hydrogen-bond donors (Lipinski definition) is 2. The van der Waals surface area contributed by atoms with E-state index in [0.717, 1.165) is 29.4 Å². The lowest BCUT2D eigenvalue weighted by Gasteiger charge is -2.25. The molecule has 8 nitrogen and oxygen atoms in total. The van der Waals surface area contributed by atoms with Crippen molar-refractivity contribution in [3.05, 3.63) is 42.2 Å². The van der Waals surface area contributed by atoms with Gasteiger partial charge in [-0.1, -0.05) is 18.2 Å². The van der Waals surface area contributed by atoms with Crippen LogP contribution in [0.3, 0.4) is 0 Å². The van der Waals surface area contributed by atoms with Gasteiger partial charge in [-0.2, -0.15) is 4.31 Å². The Kier molecular flexibility index (Phi) is 3.95. The van der Waals surface area contributed by atoms with Crippen molar-refractivity contribution in [2.45, 2.75) is 24.5 Å². The van der Waals surface area contributed by atoms with E-state index < -0.39 is 10.0 Å². The lowest BCUT2D eigenvalue weighted by molar-refractivity contribution is 0.440. The Bertz CT molecular complexity index is 1170. The van der Waals surface area contributed by atoms with E-state index in [1.807, 2.05) is 30.3 Å². The van der Waals surface area contributed by atoms with Crippen LogP contribution in [-0.2, 0) is 10.0 Å². The van der Waals surface area contributed by atoms with Crippen molar-refractivity contribution < 1.29 is 11.3 Å². The third-order valence-corrected chi connectivity index (χ3v) is 7.59. The summed E-state index contributed by atoms with van der Waals surface area (Å²) < 4.78 is 26.4. The molecule has 9 heteroatoms. The molecule has 1 aromatic carbocycles. The number of nitrogen functional groups attached to an aromatic ring is 1. The first-order valence-corrected chi connectivity index (χ1v) is 10.8. The third kappa shape index (κ3) is 2.96. The Morgan fingerprint density at radius 3 is 2.75 bits per heavy atom. The first-order valence-electron chi connectivity index (χ1n) is 9.28. The van der Waals surface area contributed by atoms with Gasteiger partial charge in [-0.3, -0.25) is 0 Å². The number of nitrogens with two attached hydrogens (primary N) is 1. The summed E-state index contributed by atoms with van der Waals surface area (Å²) in [5.74, 6) is 0.875. The van der Waals surface area contributed by atoms with Gasteiger partial charge in [0.2, 0.25) is 10.0 Å². The molecule has 3 N–H and O–H groups in total. The lowest BCUT2D eigenvalue weighted by atomic mass is 10.1. The molecule has 0 atom stereocenters.